The molecule has 19 heavy (non-hydrogen) atoms. The van der Waals surface area contributed by atoms with E-state index in [0.29, 0.717) is 0 Å². The molecule has 2 rings (SSSR count). The zero-order valence-corrected chi connectivity index (χ0v) is 11.5. The van der Waals surface area contributed by atoms with E-state index in [4.69, 9.17) is 0 Å². The summed E-state index contributed by atoms with van der Waals surface area (Å²) < 4.78 is 0. The van der Waals surface area contributed by atoms with Crippen LogP contribution in [0.4, 0.5) is 0 Å². The molecular weight excluding hydrogens is 232 g/mol. The molecule has 1 atom stereocenters. The lowest BCUT2D eigenvalue weighted by Crippen LogP contribution is -1.94. The summed E-state index contributed by atoms with van der Waals surface area (Å²) in [6, 6.07) is 18.3. The van der Waals surface area contributed by atoms with E-state index >= 15 is 0 Å². The van der Waals surface area contributed by atoms with Crippen LogP contribution in [0.15, 0.2) is 66.2 Å². The number of rotatable bonds is 4. The fourth-order valence-electron chi connectivity index (χ4n) is 2.02. The summed E-state index contributed by atoms with van der Waals surface area (Å²) in [6.45, 7) is 4.14. The molecule has 1 N–H and O–H groups in total. The van der Waals surface area contributed by atoms with Gasteiger partial charge in [0.05, 0.1) is 6.10 Å². The van der Waals surface area contributed by atoms with Crippen molar-refractivity contribution in [2.75, 3.05) is 0 Å². The molecular formula is C18H20O. The highest BCUT2D eigenvalue weighted by atomic mass is 16.3. The van der Waals surface area contributed by atoms with Crippen LogP contribution < -0.4 is 0 Å². The molecule has 2 aromatic carbocycles. The van der Waals surface area contributed by atoms with Crippen molar-refractivity contribution in [3.63, 3.8) is 0 Å². The summed E-state index contributed by atoms with van der Waals surface area (Å²) in [7, 11) is 0. The topological polar surface area (TPSA) is 20.2 Å². The highest BCUT2D eigenvalue weighted by molar-refractivity contribution is 5.64. The van der Waals surface area contributed by atoms with Crippen molar-refractivity contribution in [2.45, 2.75) is 26.4 Å². The van der Waals surface area contributed by atoms with Gasteiger partial charge in [-0.2, -0.15) is 0 Å². The quantitative estimate of drug-likeness (QED) is 0.779. The third kappa shape index (κ3) is 3.55. The lowest BCUT2D eigenvalue weighted by molar-refractivity contribution is 0.227. The van der Waals surface area contributed by atoms with Gasteiger partial charge in [0.15, 0.2) is 0 Å². The zero-order valence-electron chi connectivity index (χ0n) is 11.5. The molecule has 0 aliphatic carbocycles. The van der Waals surface area contributed by atoms with Gasteiger partial charge in [0, 0.05) is 0 Å². The summed E-state index contributed by atoms with van der Waals surface area (Å²) in [5.74, 6) is 0. The normalized spacial score (nSPS) is 13.3. The van der Waals surface area contributed by atoms with Crippen LogP contribution in [0.1, 0.15) is 31.9 Å². The lowest BCUT2D eigenvalue weighted by atomic mass is 9.99. The SMILES string of the molecule is CCC(C)=CC(O)c1cccc(-c2ccccc2)c1. The lowest BCUT2D eigenvalue weighted by Gasteiger charge is -2.10. The van der Waals surface area contributed by atoms with Crippen molar-refractivity contribution in [3.05, 3.63) is 71.8 Å². The molecule has 0 aliphatic rings. The molecule has 0 radical (unpaired) electrons. The van der Waals surface area contributed by atoms with E-state index in [1.54, 1.807) is 0 Å². The molecule has 0 amide bonds. The molecule has 0 spiro atoms. The minimum Gasteiger partial charge on any atom is -0.384 e. The first kappa shape index (κ1) is 13.6. The molecule has 1 heteroatoms. The molecule has 0 aromatic heterocycles. The number of aliphatic hydroxyl groups is 1. The largest absolute Gasteiger partial charge is 0.384 e. The van der Waals surface area contributed by atoms with Gasteiger partial charge in [0.25, 0.3) is 0 Å². The van der Waals surface area contributed by atoms with E-state index in [9.17, 15) is 5.11 Å². The highest BCUT2D eigenvalue weighted by Crippen LogP contribution is 2.24. The van der Waals surface area contributed by atoms with Crippen LogP contribution in [0.25, 0.3) is 11.1 Å². The van der Waals surface area contributed by atoms with E-state index in [1.807, 2.05) is 43.3 Å². The van der Waals surface area contributed by atoms with Gasteiger partial charge in [-0.1, -0.05) is 67.1 Å². The number of benzene rings is 2. The van der Waals surface area contributed by atoms with Gasteiger partial charge in [-0.25, -0.2) is 0 Å². The van der Waals surface area contributed by atoms with Gasteiger partial charge in [0.2, 0.25) is 0 Å². The Bertz CT molecular complexity index is 555. The Morgan fingerprint density at radius 1 is 1.05 bits per heavy atom. The van der Waals surface area contributed by atoms with E-state index in [0.717, 1.165) is 17.5 Å². The first-order valence-corrected chi connectivity index (χ1v) is 6.71. The maximum absolute atomic E-state index is 10.2. The molecule has 0 heterocycles. The molecule has 1 nitrogen and oxygen atoms in total. The van der Waals surface area contributed by atoms with Crippen molar-refractivity contribution >= 4 is 0 Å². The van der Waals surface area contributed by atoms with Gasteiger partial charge < -0.3 is 5.11 Å². The second kappa shape index (κ2) is 6.35. The number of hydrogen-bond donors (Lipinski definition) is 1. The Morgan fingerprint density at radius 2 is 1.74 bits per heavy atom. The average molecular weight is 252 g/mol. The second-order valence-corrected chi connectivity index (χ2v) is 4.80. The summed E-state index contributed by atoms with van der Waals surface area (Å²) in [5.41, 5.74) is 4.46. The smallest absolute Gasteiger partial charge is 0.0974 e. The number of allylic oxidation sites excluding steroid dienone is 1. The van der Waals surface area contributed by atoms with Crippen molar-refractivity contribution in [1.29, 1.82) is 0 Å². The van der Waals surface area contributed by atoms with E-state index in [-0.39, 0.29) is 0 Å². The molecule has 0 fully saturated rings. The van der Waals surface area contributed by atoms with Gasteiger partial charge in [0.1, 0.15) is 0 Å². The van der Waals surface area contributed by atoms with Crippen LogP contribution in [0.5, 0.6) is 0 Å². The van der Waals surface area contributed by atoms with Crippen LogP contribution in [0.3, 0.4) is 0 Å². The first-order valence-electron chi connectivity index (χ1n) is 6.71. The van der Waals surface area contributed by atoms with Gasteiger partial charge in [-0.15, -0.1) is 0 Å². The number of hydrogen-bond acceptors (Lipinski definition) is 1. The fraction of sp³-hybridized carbons (Fsp3) is 0.222. The van der Waals surface area contributed by atoms with Crippen LogP contribution >= 0.6 is 0 Å². The third-order valence-corrected chi connectivity index (χ3v) is 3.34. The van der Waals surface area contributed by atoms with Gasteiger partial charge in [-0.05, 0) is 36.1 Å². The van der Waals surface area contributed by atoms with Crippen molar-refractivity contribution < 1.29 is 5.11 Å². The molecule has 98 valence electrons. The molecule has 2 aromatic rings. The summed E-state index contributed by atoms with van der Waals surface area (Å²) in [5, 5.41) is 10.2. The maximum Gasteiger partial charge on any atom is 0.0974 e. The summed E-state index contributed by atoms with van der Waals surface area (Å²) in [4.78, 5) is 0. The summed E-state index contributed by atoms with van der Waals surface area (Å²) in [6.07, 6.45) is 2.36. The standard InChI is InChI=1S/C18H20O/c1-3-14(2)12-18(19)17-11-7-10-16(13-17)15-8-5-4-6-9-15/h4-13,18-19H,3H2,1-2H3. The number of aliphatic hydroxyl groups excluding tert-OH is 1. The molecule has 0 saturated heterocycles. The monoisotopic (exact) mass is 252 g/mol. The van der Waals surface area contributed by atoms with Crippen molar-refractivity contribution in [3.8, 4) is 11.1 Å². The molecule has 0 aliphatic heterocycles. The minimum absolute atomic E-state index is 0.524. The Balaban J connectivity index is 2.30. The first-order chi connectivity index (χ1) is 9.20. The van der Waals surface area contributed by atoms with E-state index < -0.39 is 6.10 Å². The molecule has 0 saturated carbocycles. The zero-order chi connectivity index (χ0) is 13.7. The Hall–Kier alpha value is -1.86. The predicted molar refractivity (Wildman–Crippen MR) is 80.9 cm³/mol. The molecule has 0 bridgehead atoms. The minimum atomic E-state index is -0.524. The van der Waals surface area contributed by atoms with Crippen LogP contribution in [0.2, 0.25) is 0 Å². The van der Waals surface area contributed by atoms with Crippen molar-refractivity contribution in [2.24, 2.45) is 0 Å². The summed E-state index contributed by atoms with van der Waals surface area (Å²) >= 11 is 0. The van der Waals surface area contributed by atoms with Crippen molar-refractivity contribution in [1.82, 2.24) is 0 Å². The average Bonchev–Trinajstić information content (AvgIpc) is 2.48. The predicted octanol–water partition coefficient (Wildman–Crippen LogP) is 4.74. The van der Waals surface area contributed by atoms with Gasteiger partial charge >= 0.3 is 0 Å². The Kier molecular flexibility index (Phi) is 4.53. The van der Waals surface area contributed by atoms with Crippen LogP contribution in [-0.4, -0.2) is 5.11 Å². The Labute approximate surface area is 115 Å². The second-order valence-electron chi connectivity index (χ2n) is 4.80. The highest BCUT2D eigenvalue weighted by Gasteiger charge is 2.06. The van der Waals surface area contributed by atoms with Crippen LogP contribution in [0, 0.1) is 0 Å². The Morgan fingerprint density at radius 3 is 2.42 bits per heavy atom. The maximum atomic E-state index is 10.2. The van der Waals surface area contributed by atoms with Crippen LogP contribution in [-0.2, 0) is 0 Å². The third-order valence-electron chi connectivity index (χ3n) is 3.34. The molecule has 1 unspecified atom stereocenters. The van der Waals surface area contributed by atoms with E-state index in [1.165, 1.54) is 11.1 Å². The van der Waals surface area contributed by atoms with E-state index in [2.05, 4.69) is 31.2 Å². The fourth-order valence-corrected chi connectivity index (χ4v) is 2.02. The van der Waals surface area contributed by atoms with Gasteiger partial charge in [-0.3, -0.25) is 0 Å².